The largest absolute Gasteiger partial charge is 0.484 e. The van der Waals surface area contributed by atoms with Crippen LogP contribution in [0.2, 0.25) is 0 Å². The van der Waals surface area contributed by atoms with E-state index in [-0.39, 0.29) is 18.6 Å². The van der Waals surface area contributed by atoms with Crippen LogP contribution in [0.3, 0.4) is 0 Å². The molecule has 0 unspecified atom stereocenters. The molecule has 0 atom stereocenters. The third-order valence-corrected chi connectivity index (χ3v) is 4.82. The van der Waals surface area contributed by atoms with Crippen molar-refractivity contribution in [2.24, 2.45) is 0 Å². The predicted molar refractivity (Wildman–Crippen MR) is 98.9 cm³/mol. The molecule has 1 aliphatic heterocycles. The maximum Gasteiger partial charge on any atom is 0.260 e. The van der Waals surface area contributed by atoms with Crippen molar-refractivity contribution in [2.75, 3.05) is 31.6 Å². The number of aryl methyl sites for hydroxylation is 1. The van der Waals surface area contributed by atoms with Gasteiger partial charge in [-0.1, -0.05) is 24.3 Å². The van der Waals surface area contributed by atoms with E-state index in [2.05, 4.69) is 9.88 Å². The Kier molecular flexibility index (Phi) is 5.53. The number of anilines is 1. The molecule has 1 aliphatic rings. The maximum atomic E-state index is 12.5. The van der Waals surface area contributed by atoms with E-state index in [4.69, 9.17) is 4.74 Å². The number of piperidine rings is 1. The molecule has 0 saturated carbocycles. The first-order valence-corrected chi connectivity index (χ1v) is 8.75. The van der Waals surface area contributed by atoms with Gasteiger partial charge >= 0.3 is 0 Å². The molecule has 2 heterocycles. The molecule has 0 spiro atoms. The van der Waals surface area contributed by atoms with E-state index >= 15 is 0 Å². The Morgan fingerprint density at radius 2 is 1.92 bits per heavy atom. The summed E-state index contributed by atoms with van der Waals surface area (Å²) in [4.78, 5) is 21.0. The van der Waals surface area contributed by atoms with Gasteiger partial charge in [0, 0.05) is 32.4 Å². The summed E-state index contributed by atoms with van der Waals surface area (Å²) in [5.74, 6) is 1.81. The standard InChI is InChI=1S/C20H25N3O2/c1-16-7-3-4-8-18(16)25-15-20(24)22(2)17-10-13-23(14-11-17)19-9-5-6-12-21-19/h3-9,12,17H,10-11,13-15H2,1-2H3. The van der Waals surface area contributed by atoms with E-state index in [0.717, 1.165) is 43.1 Å². The Labute approximate surface area is 149 Å². The monoisotopic (exact) mass is 339 g/mol. The molecule has 5 nitrogen and oxygen atoms in total. The Balaban J connectivity index is 1.49. The van der Waals surface area contributed by atoms with E-state index in [1.165, 1.54) is 0 Å². The van der Waals surface area contributed by atoms with Gasteiger partial charge in [-0.25, -0.2) is 4.98 Å². The molecule has 1 fully saturated rings. The van der Waals surface area contributed by atoms with Gasteiger partial charge in [0.1, 0.15) is 11.6 Å². The van der Waals surface area contributed by atoms with Crippen molar-refractivity contribution < 1.29 is 9.53 Å². The normalized spacial score (nSPS) is 15.0. The minimum atomic E-state index is 0.0274. The number of nitrogens with zero attached hydrogens (tertiary/aromatic N) is 3. The molecule has 0 N–H and O–H groups in total. The predicted octanol–water partition coefficient (Wildman–Crippen LogP) is 2.90. The molecule has 1 aromatic carbocycles. The van der Waals surface area contributed by atoms with Crippen LogP contribution in [0.15, 0.2) is 48.7 Å². The number of hydrogen-bond donors (Lipinski definition) is 0. The fourth-order valence-corrected chi connectivity index (χ4v) is 3.19. The zero-order valence-electron chi connectivity index (χ0n) is 14.9. The van der Waals surface area contributed by atoms with Crippen molar-refractivity contribution in [2.45, 2.75) is 25.8 Å². The summed E-state index contributed by atoms with van der Waals surface area (Å²) < 4.78 is 5.69. The van der Waals surface area contributed by atoms with Crippen LogP contribution in [0.1, 0.15) is 18.4 Å². The second-order valence-corrected chi connectivity index (χ2v) is 6.46. The number of ether oxygens (including phenoxy) is 1. The highest BCUT2D eigenvalue weighted by molar-refractivity contribution is 5.77. The lowest BCUT2D eigenvalue weighted by molar-refractivity contribution is -0.134. The zero-order chi connectivity index (χ0) is 17.6. The average Bonchev–Trinajstić information content (AvgIpc) is 2.67. The first-order valence-electron chi connectivity index (χ1n) is 8.75. The smallest absolute Gasteiger partial charge is 0.260 e. The summed E-state index contributed by atoms with van der Waals surface area (Å²) in [7, 11) is 1.88. The molecule has 3 rings (SSSR count). The molecule has 0 aliphatic carbocycles. The molecule has 132 valence electrons. The van der Waals surface area contributed by atoms with E-state index in [1.54, 1.807) is 0 Å². The summed E-state index contributed by atoms with van der Waals surface area (Å²) in [6.45, 7) is 3.90. The van der Waals surface area contributed by atoms with Gasteiger partial charge in [-0.15, -0.1) is 0 Å². The second-order valence-electron chi connectivity index (χ2n) is 6.46. The van der Waals surface area contributed by atoms with Crippen LogP contribution in [0, 0.1) is 6.92 Å². The quantitative estimate of drug-likeness (QED) is 0.840. The van der Waals surface area contributed by atoms with Gasteiger partial charge < -0.3 is 14.5 Å². The SMILES string of the molecule is Cc1ccccc1OCC(=O)N(C)C1CCN(c2ccccn2)CC1. The lowest BCUT2D eigenvalue weighted by atomic mass is 10.0. The first kappa shape index (κ1) is 17.3. The van der Waals surface area contributed by atoms with Crippen molar-refractivity contribution in [3.8, 4) is 5.75 Å². The van der Waals surface area contributed by atoms with Crippen molar-refractivity contribution in [1.82, 2.24) is 9.88 Å². The van der Waals surface area contributed by atoms with Crippen LogP contribution in [-0.2, 0) is 4.79 Å². The number of carbonyl (C=O) groups is 1. The highest BCUT2D eigenvalue weighted by Crippen LogP contribution is 2.21. The fraction of sp³-hybridized carbons (Fsp3) is 0.400. The van der Waals surface area contributed by atoms with E-state index in [1.807, 2.05) is 67.5 Å². The number of carbonyl (C=O) groups excluding carboxylic acids is 1. The van der Waals surface area contributed by atoms with E-state index in [9.17, 15) is 4.79 Å². The Bertz CT molecular complexity index is 697. The summed E-state index contributed by atoms with van der Waals surface area (Å²) in [5, 5.41) is 0. The molecule has 1 aromatic heterocycles. The first-order chi connectivity index (χ1) is 12.1. The Hall–Kier alpha value is -2.56. The molecule has 25 heavy (non-hydrogen) atoms. The fourth-order valence-electron chi connectivity index (χ4n) is 3.19. The zero-order valence-corrected chi connectivity index (χ0v) is 14.9. The van der Waals surface area contributed by atoms with Gasteiger partial charge in [-0.3, -0.25) is 4.79 Å². The van der Waals surface area contributed by atoms with Gasteiger partial charge in [-0.05, 0) is 43.5 Å². The number of hydrogen-bond acceptors (Lipinski definition) is 4. The third-order valence-electron chi connectivity index (χ3n) is 4.82. The summed E-state index contributed by atoms with van der Waals surface area (Å²) in [6, 6.07) is 14.0. The number of likely N-dealkylation sites (N-methyl/N-ethyl adjacent to an activating group) is 1. The Morgan fingerprint density at radius 1 is 1.20 bits per heavy atom. The Morgan fingerprint density at radius 3 is 2.60 bits per heavy atom. The molecule has 2 aromatic rings. The molecular weight excluding hydrogens is 314 g/mol. The number of para-hydroxylation sites is 1. The molecule has 5 heteroatoms. The van der Waals surface area contributed by atoms with Gasteiger partial charge in [0.25, 0.3) is 5.91 Å². The third kappa shape index (κ3) is 4.29. The van der Waals surface area contributed by atoms with Crippen LogP contribution in [0.25, 0.3) is 0 Å². The maximum absolute atomic E-state index is 12.5. The highest BCUT2D eigenvalue weighted by atomic mass is 16.5. The second kappa shape index (κ2) is 8.01. The van der Waals surface area contributed by atoms with Gasteiger partial charge in [0.2, 0.25) is 0 Å². The van der Waals surface area contributed by atoms with E-state index < -0.39 is 0 Å². The number of aromatic nitrogens is 1. The van der Waals surface area contributed by atoms with Crippen molar-refractivity contribution in [3.05, 3.63) is 54.2 Å². The van der Waals surface area contributed by atoms with Crippen LogP contribution in [0.5, 0.6) is 5.75 Å². The summed E-state index contributed by atoms with van der Waals surface area (Å²) in [5.41, 5.74) is 1.04. The van der Waals surface area contributed by atoms with Gasteiger partial charge in [-0.2, -0.15) is 0 Å². The number of benzene rings is 1. The van der Waals surface area contributed by atoms with E-state index in [0.29, 0.717) is 0 Å². The summed E-state index contributed by atoms with van der Waals surface area (Å²) in [6.07, 6.45) is 3.71. The van der Waals surface area contributed by atoms with Crippen LogP contribution >= 0.6 is 0 Å². The lowest BCUT2D eigenvalue weighted by Crippen LogP contribution is -2.47. The van der Waals surface area contributed by atoms with Gasteiger partial charge in [0.05, 0.1) is 0 Å². The minimum absolute atomic E-state index is 0.0274. The van der Waals surface area contributed by atoms with Crippen molar-refractivity contribution in [1.29, 1.82) is 0 Å². The highest BCUT2D eigenvalue weighted by Gasteiger charge is 2.26. The topological polar surface area (TPSA) is 45.7 Å². The molecular formula is C20H25N3O2. The average molecular weight is 339 g/mol. The molecule has 0 bridgehead atoms. The molecule has 1 amide bonds. The lowest BCUT2D eigenvalue weighted by Gasteiger charge is -2.37. The van der Waals surface area contributed by atoms with Gasteiger partial charge in [0.15, 0.2) is 6.61 Å². The number of amides is 1. The minimum Gasteiger partial charge on any atom is -0.484 e. The number of pyridine rings is 1. The van der Waals surface area contributed by atoms with Crippen molar-refractivity contribution in [3.63, 3.8) is 0 Å². The van der Waals surface area contributed by atoms with Crippen LogP contribution in [-0.4, -0.2) is 48.6 Å². The molecule has 0 radical (unpaired) electrons. The van der Waals surface area contributed by atoms with Crippen LogP contribution < -0.4 is 9.64 Å². The number of rotatable bonds is 5. The van der Waals surface area contributed by atoms with Crippen molar-refractivity contribution >= 4 is 11.7 Å². The molecule has 1 saturated heterocycles. The van der Waals surface area contributed by atoms with Crippen LogP contribution in [0.4, 0.5) is 5.82 Å². The summed E-state index contributed by atoms with van der Waals surface area (Å²) >= 11 is 0.